The van der Waals surface area contributed by atoms with Crippen molar-refractivity contribution in [2.75, 3.05) is 0 Å². The first-order valence-electron chi connectivity index (χ1n) is 11.5. The third-order valence-electron chi connectivity index (χ3n) is 6.74. The number of hydrogen-bond donors (Lipinski definition) is 0. The number of hydrogen-bond acceptors (Lipinski definition) is 0. The van der Waals surface area contributed by atoms with Gasteiger partial charge in [-0.25, -0.2) is 0 Å². The van der Waals surface area contributed by atoms with E-state index in [1.807, 2.05) is 0 Å². The molecule has 0 aliphatic rings. The molecule has 0 fully saturated rings. The van der Waals surface area contributed by atoms with E-state index in [0.29, 0.717) is 0 Å². The van der Waals surface area contributed by atoms with Crippen molar-refractivity contribution in [2.45, 2.75) is 13.8 Å². The minimum absolute atomic E-state index is 1.19. The van der Waals surface area contributed by atoms with Crippen molar-refractivity contribution in [3.8, 4) is 27.9 Å². The summed E-state index contributed by atoms with van der Waals surface area (Å²) >= 11 is 0. The summed E-state index contributed by atoms with van der Waals surface area (Å²) in [6.07, 6.45) is 0. The van der Waals surface area contributed by atoms with Crippen LogP contribution in [0, 0.1) is 13.8 Å². The van der Waals surface area contributed by atoms with Crippen LogP contribution in [0.2, 0.25) is 0 Å². The van der Waals surface area contributed by atoms with E-state index in [4.69, 9.17) is 0 Å². The minimum Gasteiger partial charge on any atom is -0.309 e. The molecule has 1 nitrogen and oxygen atoms in total. The second-order valence-corrected chi connectivity index (χ2v) is 8.72. The predicted molar refractivity (Wildman–Crippen MR) is 141 cm³/mol. The zero-order valence-electron chi connectivity index (χ0n) is 18.9. The van der Waals surface area contributed by atoms with E-state index in [0.717, 1.165) is 0 Å². The standard InChI is InChI=1S/C32H25N/c1-22-11-6-7-16-27(22)28-19-20-31-32(23(28)2)29-17-8-9-18-30(29)33(31)26-15-10-14-25(21-26)24-12-4-3-5-13-24/h3-21H,1-2H3. The van der Waals surface area contributed by atoms with E-state index in [1.54, 1.807) is 0 Å². The number of aryl methyl sites for hydroxylation is 2. The summed E-state index contributed by atoms with van der Waals surface area (Å²) in [5.41, 5.74) is 11.4. The Morgan fingerprint density at radius 1 is 0.515 bits per heavy atom. The maximum Gasteiger partial charge on any atom is 0.0544 e. The quantitative estimate of drug-likeness (QED) is 0.268. The van der Waals surface area contributed by atoms with E-state index >= 15 is 0 Å². The number of fused-ring (bicyclic) bond motifs is 3. The van der Waals surface area contributed by atoms with Gasteiger partial charge in [0.15, 0.2) is 0 Å². The van der Waals surface area contributed by atoms with Crippen LogP contribution in [-0.2, 0) is 0 Å². The monoisotopic (exact) mass is 423 g/mol. The average Bonchev–Trinajstić information content (AvgIpc) is 3.21. The lowest BCUT2D eigenvalue weighted by Crippen LogP contribution is -1.95. The highest BCUT2D eigenvalue weighted by Crippen LogP contribution is 2.39. The number of nitrogens with zero attached hydrogens (tertiary/aromatic N) is 1. The van der Waals surface area contributed by atoms with E-state index in [2.05, 4.69) is 134 Å². The highest BCUT2D eigenvalue weighted by atomic mass is 15.0. The Balaban J connectivity index is 1.64. The molecule has 1 heterocycles. The molecule has 33 heavy (non-hydrogen) atoms. The summed E-state index contributed by atoms with van der Waals surface area (Å²) in [5.74, 6) is 0. The molecule has 0 N–H and O–H groups in total. The Morgan fingerprint density at radius 3 is 2.09 bits per heavy atom. The smallest absolute Gasteiger partial charge is 0.0544 e. The van der Waals surface area contributed by atoms with Crippen LogP contribution in [0.15, 0.2) is 115 Å². The first kappa shape index (κ1) is 19.6. The molecule has 6 rings (SSSR count). The molecule has 0 saturated carbocycles. The summed E-state index contributed by atoms with van der Waals surface area (Å²) in [7, 11) is 0. The lowest BCUT2D eigenvalue weighted by molar-refractivity contribution is 1.18. The van der Waals surface area contributed by atoms with Gasteiger partial charge in [0.1, 0.15) is 0 Å². The molecule has 0 bridgehead atoms. The summed E-state index contributed by atoms with van der Waals surface area (Å²) < 4.78 is 2.41. The topological polar surface area (TPSA) is 4.93 Å². The first-order valence-corrected chi connectivity index (χ1v) is 11.5. The third kappa shape index (κ3) is 3.16. The van der Waals surface area contributed by atoms with Crippen LogP contribution in [0.3, 0.4) is 0 Å². The van der Waals surface area contributed by atoms with Gasteiger partial charge in [0.25, 0.3) is 0 Å². The molecule has 0 unspecified atom stereocenters. The van der Waals surface area contributed by atoms with Crippen molar-refractivity contribution in [1.29, 1.82) is 0 Å². The van der Waals surface area contributed by atoms with E-state index in [9.17, 15) is 0 Å². The largest absolute Gasteiger partial charge is 0.309 e. The van der Waals surface area contributed by atoms with Gasteiger partial charge in [0.2, 0.25) is 0 Å². The van der Waals surface area contributed by atoms with Gasteiger partial charge in [-0.3, -0.25) is 0 Å². The van der Waals surface area contributed by atoms with Crippen molar-refractivity contribution in [2.24, 2.45) is 0 Å². The fourth-order valence-electron chi connectivity index (χ4n) is 5.13. The van der Waals surface area contributed by atoms with Gasteiger partial charge in [-0.15, -0.1) is 0 Å². The molecule has 0 aliphatic heterocycles. The van der Waals surface area contributed by atoms with Gasteiger partial charge in [0.05, 0.1) is 11.0 Å². The van der Waals surface area contributed by atoms with Gasteiger partial charge in [-0.05, 0) is 71.5 Å². The van der Waals surface area contributed by atoms with Gasteiger partial charge < -0.3 is 4.57 Å². The van der Waals surface area contributed by atoms with Crippen molar-refractivity contribution in [1.82, 2.24) is 4.57 Å². The normalized spacial score (nSPS) is 11.3. The maximum absolute atomic E-state index is 2.41. The fourth-order valence-corrected chi connectivity index (χ4v) is 5.13. The van der Waals surface area contributed by atoms with Crippen molar-refractivity contribution >= 4 is 21.8 Å². The second-order valence-electron chi connectivity index (χ2n) is 8.72. The molecule has 0 atom stereocenters. The average molecular weight is 424 g/mol. The van der Waals surface area contributed by atoms with Crippen LogP contribution in [0.4, 0.5) is 0 Å². The molecule has 1 heteroatoms. The van der Waals surface area contributed by atoms with E-state index in [-0.39, 0.29) is 0 Å². The molecule has 5 aromatic carbocycles. The van der Waals surface area contributed by atoms with E-state index in [1.165, 1.54) is 60.9 Å². The first-order chi connectivity index (χ1) is 16.2. The number of para-hydroxylation sites is 1. The minimum atomic E-state index is 1.19. The molecular weight excluding hydrogens is 398 g/mol. The van der Waals surface area contributed by atoms with Crippen molar-refractivity contribution in [3.63, 3.8) is 0 Å². The molecule has 0 aliphatic carbocycles. The molecular formula is C32H25N. The summed E-state index contributed by atoms with van der Waals surface area (Å²) in [6.45, 7) is 4.46. The molecule has 1 aromatic heterocycles. The highest BCUT2D eigenvalue weighted by molar-refractivity contribution is 6.12. The highest BCUT2D eigenvalue weighted by Gasteiger charge is 2.17. The van der Waals surface area contributed by atoms with Gasteiger partial charge in [0, 0.05) is 16.5 Å². The second kappa shape index (κ2) is 7.79. The fraction of sp³-hybridized carbons (Fsp3) is 0.0625. The van der Waals surface area contributed by atoms with Gasteiger partial charge in [-0.1, -0.05) is 91.0 Å². The lowest BCUT2D eigenvalue weighted by atomic mass is 9.94. The summed E-state index contributed by atoms with van der Waals surface area (Å²) in [5, 5.41) is 2.63. The molecule has 0 spiro atoms. The van der Waals surface area contributed by atoms with Crippen LogP contribution < -0.4 is 0 Å². The molecule has 0 amide bonds. The van der Waals surface area contributed by atoms with Crippen LogP contribution >= 0.6 is 0 Å². The maximum atomic E-state index is 2.41. The van der Waals surface area contributed by atoms with Gasteiger partial charge in [-0.2, -0.15) is 0 Å². The van der Waals surface area contributed by atoms with Gasteiger partial charge >= 0.3 is 0 Å². The predicted octanol–water partition coefficient (Wildman–Crippen LogP) is 8.73. The van der Waals surface area contributed by atoms with Crippen LogP contribution in [0.25, 0.3) is 49.7 Å². The van der Waals surface area contributed by atoms with Crippen LogP contribution in [0.1, 0.15) is 11.1 Å². The molecule has 6 aromatic rings. The molecule has 0 radical (unpaired) electrons. The lowest BCUT2D eigenvalue weighted by Gasteiger charge is -2.13. The Labute approximate surface area is 194 Å². The van der Waals surface area contributed by atoms with Crippen molar-refractivity contribution in [3.05, 3.63) is 126 Å². The Morgan fingerprint density at radius 2 is 1.24 bits per heavy atom. The number of aromatic nitrogens is 1. The zero-order chi connectivity index (χ0) is 22.4. The Kier molecular flexibility index (Phi) is 4.62. The molecule has 0 saturated heterocycles. The van der Waals surface area contributed by atoms with Crippen LogP contribution in [-0.4, -0.2) is 4.57 Å². The summed E-state index contributed by atoms with van der Waals surface area (Å²) in [4.78, 5) is 0. The van der Waals surface area contributed by atoms with Crippen molar-refractivity contribution < 1.29 is 0 Å². The SMILES string of the molecule is Cc1ccccc1-c1ccc2c(c1C)c1ccccc1n2-c1cccc(-c2ccccc2)c1. The van der Waals surface area contributed by atoms with E-state index < -0.39 is 0 Å². The number of benzene rings is 5. The number of rotatable bonds is 3. The Bertz CT molecular complexity index is 1620. The zero-order valence-corrected chi connectivity index (χ0v) is 18.9. The van der Waals surface area contributed by atoms with Crippen LogP contribution in [0.5, 0.6) is 0 Å². The Hall–Kier alpha value is -4.10. The third-order valence-corrected chi connectivity index (χ3v) is 6.74. The summed E-state index contributed by atoms with van der Waals surface area (Å²) in [6, 6.07) is 41.5. The molecule has 158 valence electrons.